The van der Waals surface area contributed by atoms with Gasteiger partial charge in [0, 0.05) is 30.0 Å². The number of benzene rings is 2. The third-order valence-electron chi connectivity index (χ3n) is 4.73. The summed E-state index contributed by atoms with van der Waals surface area (Å²) in [5.74, 6) is 1.64. The monoisotopic (exact) mass is 429 g/mol. The fourth-order valence-electron chi connectivity index (χ4n) is 3.34. The lowest BCUT2D eigenvalue weighted by Crippen LogP contribution is -2.23. The highest BCUT2D eigenvalue weighted by Crippen LogP contribution is 2.47. The Labute approximate surface area is 177 Å². The summed E-state index contributed by atoms with van der Waals surface area (Å²) in [6, 6.07) is 13.3. The van der Waals surface area contributed by atoms with Crippen LogP contribution in [0.3, 0.4) is 0 Å². The van der Waals surface area contributed by atoms with Crippen molar-refractivity contribution < 1.29 is 14.3 Å². The highest BCUT2D eigenvalue weighted by molar-refractivity contribution is 7.16. The van der Waals surface area contributed by atoms with E-state index in [1.165, 1.54) is 11.3 Å². The number of hydrogen-bond donors (Lipinski definition) is 2. The third kappa shape index (κ3) is 4.02. The number of anilines is 2. The molecule has 4 rings (SSSR count). The van der Waals surface area contributed by atoms with E-state index in [9.17, 15) is 4.79 Å². The third-order valence-corrected chi connectivity index (χ3v) is 6.17. The molecule has 1 aliphatic rings. The number of halogens is 1. The molecule has 1 aromatic heterocycles. The van der Waals surface area contributed by atoms with Crippen LogP contribution in [0, 0.1) is 0 Å². The van der Waals surface area contributed by atoms with E-state index in [4.69, 9.17) is 21.1 Å². The van der Waals surface area contributed by atoms with Crippen LogP contribution in [0.25, 0.3) is 0 Å². The molecule has 0 unspecified atom stereocenters. The lowest BCUT2D eigenvalue weighted by molar-refractivity contribution is -0.116. The Kier molecular flexibility index (Phi) is 5.60. The first-order valence-corrected chi connectivity index (χ1v) is 10.3. The van der Waals surface area contributed by atoms with E-state index in [0.717, 1.165) is 21.1 Å². The number of amides is 1. The van der Waals surface area contributed by atoms with Gasteiger partial charge < -0.3 is 20.1 Å². The first-order valence-electron chi connectivity index (χ1n) is 9.11. The van der Waals surface area contributed by atoms with Crippen molar-refractivity contribution in [3.63, 3.8) is 0 Å². The normalized spacial score (nSPS) is 15.4. The number of rotatable bonds is 6. The summed E-state index contributed by atoms with van der Waals surface area (Å²) in [7, 11) is 3.42. The van der Waals surface area contributed by atoms with E-state index in [1.54, 1.807) is 7.11 Å². The van der Waals surface area contributed by atoms with Gasteiger partial charge in [-0.25, -0.2) is 4.98 Å². The second-order valence-corrected chi connectivity index (χ2v) is 8.05. The number of carbonyl (C=O) groups excluding carboxylic acids is 1. The molecule has 0 aliphatic carbocycles. The summed E-state index contributed by atoms with van der Waals surface area (Å²) in [6.07, 6.45) is 0.322. The van der Waals surface area contributed by atoms with Crippen LogP contribution in [0.4, 0.5) is 10.9 Å². The summed E-state index contributed by atoms with van der Waals surface area (Å²) in [6.45, 7) is 0.362. The number of ether oxygens (including phenoxy) is 2. The van der Waals surface area contributed by atoms with E-state index in [0.29, 0.717) is 35.4 Å². The predicted octanol–water partition coefficient (Wildman–Crippen LogP) is 4.90. The van der Waals surface area contributed by atoms with Gasteiger partial charge >= 0.3 is 0 Å². The largest absolute Gasteiger partial charge is 0.493 e. The van der Waals surface area contributed by atoms with Gasteiger partial charge in [-0.15, -0.1) is 0 Å². The highest BCUT2D eigenvalue weighted by atomic mass is 35.5. The second kappa shape index (κ2) is 8.31. The molecular formula is C21H20ClN3O3S. The molecule has 2 aromatic carbocycles. The molecule has 29 heavy (non-hydrogen) atoms. The van der Waals surface area contributed by atoms with Crippen molar-refractivity contribution in [2.45, 2.75) is 18.9 Å². The Bertz CT molecular complexity index is 1040. The molecule has 0 spiro atoms. The highest BCUT2D eigenvalue weighted by Gasteiger charge is 2.33. The van der Waals surface area contributed by atoms with Crippen LogP contribution in [0.15, 0.2) is 42.5 Å². The van der Waals surface area contributed by atoms with Gasteiger partial charge in [0.2, 0.25) is 5.91 Å². The van der Waals surface area contributed by atoms with Crippen LogP contribution in [-0.2, 0) is 11.4 Å². The molecule has 6 nitrogen and oxygen atoms in total. The molecule has 150 valence electrons. The molecule has 1 aliphatic heterocycles. The van der Waals surface area contributed by atoms with Crippen LogP contribution >= 0.6 is 22.9 Å². The minimum Gasteiger partial charge on any atom is -0.493 e. The van der Waals surface area contributed by atoms with E-state index >= 15 is 0 Å². The molecule has 0 bridgehead atoms. The summed E-state index contributed by atoms with van der Waals surface area (Å²) < 4.78 is 11.7. The molecule has 2 N–H and O–H groups in total. The number of nitrogens with zero attached hydrogens (tertiary/aromatic N) is 1. The SMILES string of the molecule is CNc1nc2c(s1)[C@H](c1cccc(OC)c1OCc1ccc(Cl)cc1)CC(=O)N2. The van der Waals surface area contributed by atoms with Crippen LogP contribution in [0.1, 0.15) is 28.3 Å². The molecule has 0 saturated carbocycles. The molecule has 1 atom stereocenters. The maximum absolute atomic E-state index is 12.3. The molecule has 0 fully saturated rings. The zero-order chi connectivity index (χ0) is 20.4. The van der Waals surface area contributed by atoms with Crippen LogP contribution in [-0.4, -0.2) is 25.0 Å². The molecular weight excluding hydrogens is 410 g/mol. The quantitative estimate of drug-likeness (QED) is 0.583. The van der Waals surface area contributed by atoms with Crippen molar-refractivity contribution in [1.29, 1.82) is 0 Å². The van der Waals surface area contributed by atoms with Gasteiger partial charge in [0.15, 0.2) is 16.6 Å². The van der Waals surface area contributed by atoms with Crippen molar-refractivity contribution in [2.75, 3.05) is 24.8 Å². The summed E-state index contributed by atoms with van der Waals surface area (Å²) in [5, 5.41) is 7.35. The fourth-order valence-corrected chi connectivity index (χ4v) is 4.45. The average molecular weight is 430 g/mol. The smallest absolute Gasteiger partial charge is 0.226 e. The van der Waals surface area contributed by atoms with Gasteiger partial charge in [-0.3, -0.25) is 4.79 Å². The van der Waals surface area contributed by atoms with E-state index in [-0.39, 0.29) is 11.8 Å². The van der Waals surface area contributed by atoms with Gasteiger partial charge in [0.25, 0.3) is 0 Å². The topological polar surface area (TPSA) is 72.5 Å². The Balaban J connectivity index is 1.71. The number of fused-ring (bicyclic) bond motifs is 1. The number of hydrogen-bond acceptors (Lipinski definition) is 6. The number of nitrogens with one attached hydrogen (secondary N) is 2. The minimum atomic E-state index is -0.159. The molecule has 1 amide bonds. The Morgan fingerprint density at radius 3 is 2.79 bits per heavy atom. The second-order valence-electron chi connectivity index (χ2n) is 6.58. The van der Waals surface area contributed by atoms with E-state index in [2.05, 4.69) is 15.6 Å². The molecule has 2 heterocycles. The van der Waals surface area contributed by atoms with Gasteiger partial charge in [-0.1, -0.05) is 47.2 Å². The van der Waals surface area contributed by atoms with Gasteiger partial charge in [0.05, 0.1) is 12.0 Å². The Hall–Kier alpha value is -2.77. The van der Waals surface area contributed by atoms with Gasteiger partial charge in [-0.2, -0.15) is 0 Å². The number of methoxy groups -OCH3 is 1. The van der Waals surface area contributed by atoms with Crippen LogP contribution in [0.5, 0.6) is 11.5 Å². The molecule has 0 radical (unpaired) electrons. The fraction of sp³-hybridized carbons (Fsp3) is 0.238. The summed E-state index contributed by atoms with van der Waals surface area (Å²) >= 11 is 7.50. The Morgan fingerprint density at radius 1 is 1.28 bits per heavy atom. The van der Waals surface area contributed by atoms with Crippen molar-refractivity contribution in [3.8, 4) is 11.5 Å². The first kappa shape index (κ1) is 19.5. The zero-order valence-electron chi connectivity index (χ0n) is 16.0. The van der Waals surface area contributed by atoms with E-state index in [1.807, 2.05) is 49.5 Å². The lowest BCUT2D eigenvalue weighted by atomic mass is 9.90. The molecule has 3 aromatic rings. The van der Waals surface area contributed by atoms with Crippen molar-refractivity contribution in [3.05, 3.63) is 63.5 Å². The number of thiazole rings is 1. The number of para-hydroxylation sites is 1. The van der Waals surface area contributed by atoms with Crippen molar-refractivity contribution in [1.82, 2.24) is 4.98 Å². The average Bonchev–Trinajstić information content (AvgIpc) is 3.15. The zero-order valence-corrected chi connectivity index (χ0v) is 17.6. The molecule has 8 heteroatoms. The van der Waals surface area contributed by atoms with Gasteiger partial charge in [0.1, 0.15) is 12.4 Å². The minimum absolute atomic E-state index is 0.0677. The number of aromatic nitrogens is 1. The maximum Gasteiger partial charge on any atom is 0.226 e. The van der Waals surface area contributed by atoms with Gasteiger partial charge in [-0.05, 0) is 23.8 Å². The predicted molar refractivity (Wildman–Crippen MR) is 116 cm³/mol. The molecule has 0 saturated heterocycles. The van der Waals surface area contributed by atoms with Crippen molar-refractivity contribution >= 4 is 39.8 Å². The standard InChI is InChI=1S/C21H20ClN3O3S/c1-23-21-25-20-19(29-21)15(10-17(26)24-20)14-4-3-5-16(27-2)18(14)28-11-12-6-8-13(22)9-7-12/h3-9,15H,10-11H2,1-2H3,(H,23,25)(H,24,26)/t15-/m0/s1. The lowest BCUT2D eigenvalue weighted by Gasteiger charge is -2.24. The first-order chi connectivity index (χ1) is 14.1. The summed E-state index contributed by atoms with van der Waals surface area (Å²) in [4.78, 5) is 17.8. The van der Waals surface area contributed by atoms with E-state index < -0.39 is 0 Å². The number of carbonyl (C=O) groups is 1. The maximum atomic E-state index is 12.3. The Morgan fingerprint density at radius 2 is 2.07 bits per heavy atom. The van der Waals surface area contributed by atoms with Crippen LogP contribution in [0.2, 0.25) is 5.02 Å². The summed E-state index contributed by atoms with van der Waals surface area (Å²) in [5.41, 5.74) is 1.89. The van der Waals surface area contributed by atoms with Crippen LogP contribution < -0.4 is 20.1 Å². The van der Waals surface area contributed by atoms with Crippen molar-refractivity contribution in [2.24, 2.45) is 0 Å².